The lowest BCUT2D eigenvalue weighted by atomic mass is 9.94. The minimum atomic E-state index is -0.349. The molecule has 2 amide bonds. The van der Waals surface area contributed by atoms with Crippen molar-refractivity contribution < 1.29 is 9.59 Å². The van der Waals surface area contributed by atoms with E-state index in [0.29, 0.717) is 5.92 Å². The third-order valence-electron chi connectivity index (χ3n) is 5.97. The van der Waals surface area contributed by atoms with Crippen LogP contribution in [0.15, 0.2) is 54.6 Å². The summed E-state index contributed by atoms with van der Waals surface area (Å²) in [5.41, 5.74) is 3.77. The number of hydrogen-bond acceptors (Lipinski definition) is 4. The average molecular weight is 493 g/mol. The zero-order chi connectivity index (χ0) is 25.6. The number of rotatable bonds is 5. The number of benzene rings is 2. The molecule has 0 bridgehead atoms. The summed E-state index contributed by atoms with van der Waals surface area (Å²) in [6.45, 7) is 13.2. The van der Waals surface area contributed by atoms with Gasteiger partial charge in [0.05, 0.1) is 0 Å². The molecule has 1 aliphatic rings. The van der Waals surface area contributed by atoms with E-state index >= 15 is 0 Å². The van der Waals surface area contributed by atoms with Crippen LogP contribution in [-0.2, 0) is 9.59 Å². The third kappa shape index (κ3) is 7.65. The second-order valence-electron chi connectivity index (χ2n) is 10.2. The molecule has 0 radical (unpaired) electrons. The van der Waals surface area contributed by atoms with Gasteiger partial charge in [-0.15, -0.1) is 0 Å². The highest BCUT2D eigenvalue weighted by atomic mass is 32.1. The van der Waals surface area contributed by atoms with Gasteiger partial charge in [0.2, 0.25) is 11.8 Å². The number of carbonyl (C=O) groups is 2. The fraction of sp³-hybridized carbons (Fsp3) is 0.393. The Bertz CT molecular complexity index is 1060. The molecule has 1 heterocycles. The van der Waals surface area contributed by atoms with E-state index in [9.17, 15) is 9.59 Å². The smallest absolute Gasteiger partial charge is 0.250 e. The van der Waals surface area contributed by atoms with Crippen molar-refractivity contribution in [3.63, 3.8) is 0 Å². The van der Waals surface area contributed by atoms with E-state index in [2.05, 4.69) is 41.5 Å². The molecule has 0 saturated carbocycles. The zero-order valence-corrected chi connectivity index (χ0v) is 22.1. The summed E-state index contributed by atoms with van der Waals surface area (Å²) in [6.07, 6.45) is 3.25. The monoisotopic (exact) mass is 492 g/mol. The Hall–Kier alpha value is -3.19. The fourth-order valence-corrected chi connectivity index (χ4v) is 4.10. The van der Waals surface area contributed by atoms with E-state index in [1.807, 2.05) is 62.1 Å². The van der Waals surface area contributed by atoms with Gasteiger partial charge in [0.25, 0.3) is 0 Å². The quantitative estimate of drug-likeness (QED) is 0.453. The highest BCUT2D eigenvalue weighted by molar-refractivity contribution is 7.80. The maximum Gasteiger partial charge on any atom is 0.250 e. The lowest BCUT2D eigenvalue weighted by molar-refractivity contribution is -0.139. The zero-order valence-electron chi connectivity index (χ0n) is 21.3. The first-order valence-corrected chi connectivity index (χ1v) is 12.5. The lowest BCUT2D eigenvalue weighted by Crippen LogP contribution is -2.51. The summed E-state index contributed by atoms with van der Waals surface area (Å²) in [5.74, 6) is 0.393. The second kappa shape index (κ2) is 11.5. The molecule has 1 aliphatic heterocycles. The number of nitrogens with zero attached hydrogens (tertiary/aromatic N) is 2. The van der Waals surface area contributed by atoms with Gasteiger partial charge in [-0.2, -0.15) is 0 Å². The maximum absolute atomic E-state index is 12.5. The number of anilines is 2. The van der Waals surface area contributed by atoms with Crippen LogP contribution < -0.4 is 15.5 Å². The lowest BCUT2D eigenvalue weighted by Gasteiger charge is -2.38. The number of nitrogens with one attached hydrogen (secondary N) is 2. The normalized spacial score (nSPS) is 14.3. The topological polar surface area (TPSA) is 64.7 Å². The third-order valence-corrected chi connectivity index (χ3v) is 6.17. The number of amides is 2. The summed E-state index contributed by atoms with van der Waals surface area (Å²) < 4.78 is 0. The van der Waals surface area contributed by atoms with Crippen molar-refractivity contribution in [3.05, 3.63) is 65.7 Å². The van der Waals surface area contributed by atoms with Crippen LogP contribution in [0.4, 0.5) is 11.4 Å². The molecule has 2 aromatic carbocycles. The van der Waals surface area contributed by atoms with Gasteiger partial charge in [0.15, 0.2) is 5.11 Å². The standard InChI is InChI=1S/C28H36N4O2S/c1-20(2)22-9-6-21(7-10-22)8-15-25(33)30-27(35)29-23-11-13-24(14-12-23)31-16-18-32(19-17-31)26(34)28(3,4)5/h6-15,20H,16-19H2,1-5H3,(H2,29,30,33,35)/b15-8+. The first-order valence-electron chi connectivity index (χ1n) is 12.1. The van der Waals surface area contributed by atoms with E-state index in [-0.39, 0.29) is 22.3 Å². The first-order chi connectivity index (χ1) is 16.5. The predicted molar refractivity (Wildman–Crippen MR) is 149 cm³/mol. The van der Waals surface area contributed by atoms with Crippen molar-refractivity contribution in [3.8, 4) is 0 Å². The summed E-state index contributed by atoms with van der Waals surface area (Å²) in [6, 6.07) is 16.1. The van der Waals surface area contributed by atoms with Crippen LogP contribution in [0, 0.1) is 5.41 Å². The van der Waals surface area contributed by atoms with Crippen LogP contribution in [0.1, 0.15) is 51.7 Å². The Balaban J connectivity index is 1.46. The molecule has 6 nitrogen and oxygen atoms in total. The summed E-state index contributed by atoms with van der Waals surface area (Å²) >= 11 is 5.29. The molecular formula is C28H36N4O2S. The number of piperazine rings is 1. The Morgan fingerprint density at radius 1 is 0.943 bits per heavy atom. The SMILES string of the molecule is CC(C)c1ccc(/C=C/C(=O)NC(=S)Nc2ccc(N3CCN(C(=O)C(C)(C)C)CC3)cc2)cc1. The van der Waals surface area contributed by atoms with Crippen LogP contribution in [0.25, 0.3) is 6.08 Å². The first kappa shape index (κ1) is 26.4. The molecule has 1 saturated heterocycles. The largest absolute Gasteiger partial charge is 0.368 e. The highest BCUT2D eigenvalue weighted by Gasteiger charge is 2.29. The molecule has 186 valence electrons. The Labute approximate surface area is 214 Å². The van der Waals surface area contributed by atoms with Crippen molar-refractivity contribution in [2.45, 2.75) is 40.5 Å². The van der Waals surface area contributed by atoms with Crippen molar-refractivity contribution in [1.29, 1.82) is 0 Å². The van der Waals surface area contributed by atoms with E-state index in [4.69, 9.17) is 12.2 Å². The molecule has 0 aromatic heterocycles. The Morgan fingerprint density at radius 2 is 1.54 bits per heavy atom. The van der Waals surface area contributed by atoms with Gasteiger partial charge in [-0.1, -0.05) is 58.9 Å². The van der Waals surface area contributed by atoms with Gasteiger partial charge in [-0.3, -0.25) is 14.9 Å². The van der Waals surface area contributed by atoms with Crippen LogP contribution in [0.2, 0.25) is 0 Å². The molecule has 1 fully saturated rings. The average Bonchev–Trinajstić information content (AvgIpc) is 2.82. The molecule has 2 N–H and O–H groups in total. The summed E-state index contributed by atoms with van der Waals surface area (Å²) in [7, 11) is 0. The van der Waals surface area contributed by atoms with Crippen LogP contribution in [-0.4, -0.2) is 48.0 Å². The minimum absolute atomic E-state index is 0.200. The Kier molecular flexibility index (Phi) is 8.67. The van der Waals surface area contributed by atoms with E-state index in [1.54, 1.807) is 6.08 Å². The molecule has 7 heteroatoms. The minimum Gasteiger partial charge on any atom is -0.368 e. The molecule has 0 spiro atoms. The van der Waals surface area contributed by atoms with Crippen LogP contribution >= 0.6 is 12.2 Å². The van der Waals surface area contributed by atoms with E-state index in [0.717, 1.165) is 43.1 Å². The number of hydrogen-bond donors (Lipinski definition) is 2. The molecule has 3 rings (SSSR count). The molecule has 0 atom stereocenters. The fourth-order valence-electron chi connectivity index (χ4n) is 3.88. The molecular weight excluding hydrogens is 456 g/mol. The van der Waals surface area contributed by atoms with Gasteiger partial charge in [-0.25, -0.2) is 0 Å². The Morgan fingerprint density at radius 3 is 2.09 bits per heavy atom. The van der Waals surface area contributed by atoms with Crippen molar-refractivity contribution in [2.24, 2.45) is 5.41 Å². The summed E-state index contributed by atoms with van der Waals surface area (Å²) in [4.78, 5) is 28.9. The molecule has 0 unspecified atom stereocenters. The summed E-state index contributed by atoms with van der Waals surface area (Å²) in [5, 5.41) is 5.98. The molecule has 2 aromatic rings. The van der Waals surface area contributed by atoms with Crippen molar-refractivity contribution >= 4 is 46.6 Å². The number of thiocarbonyl (C=S) groups is 1. The molecule has 35 heavy (non-hydrogen) atoms. The number of carbonyl (C=O) groups excluding carboxylic acids is 2. The van der Waals surface area contributed by atoms with Crippen molar-refractivity contribution in [2.75, 3.05) is 36.4 Å². The van der Waals surface area contributed by atoms with Gasteiger partial charge in [0, 0.05) is 49.0 Å². The maximum atomic E-state index is 12.5. The van der Waals surface area contributed by atoms with Gasteiger partial charge in [0.1, 0.15) is 0 Å². The van der Waals surface area contributed by atoms with Crippen LogP contribution in [0.5, 0.6) is 0 Å². The van der Waals surface area contributed by atoms with Crippen LogP contribution in [0.3, 0.4) is 0 Å². The molecule has 0 aliphatic carbocycles. The van der Waals surface area contributed by atoms with Gasteiger partial charge >= 0.3 is 0 Å². The van der Waals surface area contributed by atoms with E-state index in [1.165, 1.54) is 11.6 Å². The van der Waals surface area contributed by atoms with Gasteiger partial charge in [-0.05, 0) is 59.6 Å². The van der Waals surface area contributed by atoms with E-state index < -0.39 is 0 Å². The predicted octanol–water partition coefficient (Wildman–Crippen LogP) is 5.03. The van der Waals surface area contributed by atoms with Crippen molar-refractivity contribution in [1.82, 2.24) is 10.2 Å². The highest BCUT2D eigenvalue weighted by Crippen LogP contribution is 2.22. The second-order valence-corrected chi connectivity index (χ2v) is 10.6. The van der Waals surface area contributed by atoms with Gasteiger partial charge < -0.3 is 15.1 Å².